The summed E-state index contributed by atoms with van der Waals surface area (Å²) in [7, 11) is 0. The Morgan fingerprint density at radius 1 is 1.05 bits per heavy atom. The molecule has 0 aliphatic rings. The van der Waals surface area contributed by atoms with E-state index in [0.717, 1.165) is 5.56 Å². The fraction of sp³-hybridized carbons (Fsp3) is 0.294. The highest BCUT2D eigenvalue weighted by molar-refractivity contribution is 5.36. The quantitative estimate of drug-likeness (QED) is 0.849. The van der Waals surface area contributed by atoms with Crippen LogP contribution < -0.4 is 10.1 Å². The van der Waals surface area contributed by atoms with Gasteiger partial charge in [-0.15, -0.1) is 0 Å². The molecule has 0 aliphatic carbocycles. The van der Waals surface area contributed by atoms with E-state index in [1.54, 1.807) is 18.2 Å². The second-order valence-corrected chi connectivity index (χ2v) is 4.95. The van der Waals surface area contributed by atoms with Crippen LogP contribution in [0.5, 0.6) is 5.75 Å². The number of rotatable bonds is 6. The minimum Gasteiger partial charge on any atom is -0.434 e. The monoisotopic (exact) mass is 291 g/mol. The first-order valence-corrected chi connectivity index (χ1v) is 6.89. The molecule has 0 saturated heterocycles. The van der Waals surface area contributed by atoms with E-state index in [-0.39, 0.29) is 11.8 Å². The second-order valence-electron chi connectivity index (χ2n) is 4.95. The van der Waals surface area contributed by atoms with E-state index in [4.69, 9.17) is 0 Å². The molecule has 2 aromatic rings. The topological polar surface area (TPSA) is 21.3 Å². The molecule has 4 heteroatoms. The minimum absolute atomic E-state index is 0.0837. The standard InChI is InChI=1S/C17H19F2NO/c1-12-7-3-4-8-14(12)11-20-13(2)15-9-5-6-10-16(15)21-17(18)19/h3-10,13,17,20H,11H2,1-2H3. The van der Waals surface area contributed by atoms with E-state index < -0.39 is 6.61 Å². The highest BCUT2D eigenvalue weighted by atomic mass is 19.3. The normalized spacial score (nSPS) is 12.4. The van der Waals surface area contributed by atoms with E-state index in [1.165, 1.54) is 11.1 Å². The second kappa shape index (κ2) is 7.18. The third kappa shape index (κ3) is 4.26. The number of hydrogen-bond donors (Lipinski definition) is 1. The predicted molar refractivity (Wildman–Crippen MR) is 79.5 cm³/mol. The molecule has 21 heavy (non-hydrogen) atoms. The van der Waals surface area contributed by atoms with Gasteiger partial charge in [-0.25, -0.2) is 0 Å². The molecule has 2 rings (SSSR count). The molecule has 1 atom stereocenters. The highest BCUT2D eigenvalue weighted by Crippen LogP contribution is 2.26. The van der Waals surface area contributed by atoms with E-state index >= 15 is 0 Å². The lowest BCUT2D eigenvalue weighted by molar-refractivity contribution is -0.0506. The number of nitrogens with one attached hydrogen (secondary N) is 1. The Labute approximate surface area is 123 Å². The summed E-state index contributed by atoms with van der Waals surface area (Å²) in [6.07, 6.45) is 0. The molecule has 2 nitrogen and oxygen atoms in total. The lowest BCUT2D eigenvalue weighted by Crippen LogP contribution is -2.19. The molecule has 0 aromatic heterocycles. The summed E-state index contributed by atoms with van der Waals surface area (Å²) in [5.41, 5.74) is 3.12. The zero-order valence-corrected chi connectivity index (χ0v) is 12.1. The molecule has 0 bridgehead atoms. The molecule has 112 valence electrons. The van der Waals surface area contributed by atoms with Crippen molar-refractivity contribution in [3.8, 4) is 5.75 Å². The molecule has 0 fully saturated rings. The van der Waals surface area contributed by atoms with Crippen molar-refractivity contribution in [3.63, 3.8) is 0 Å². The van der Waals surface area contributed by atoms with Crippen LogP contribution in [-0.4, -0.2) is 6.61 Å². The summed E-state index contributed by atoms with van der Waals surface area (Å²) in [6.45, 7) is 1.85. The molecular formula is C17H19F2NO. The average Bonchev–Trinajstić information content (AvgIpc) is 2.46. The van der Waals surface area contributed by atoms with Crippen LogP contribution in [0.1, 0.15) is 29.7 Å². The van der Waals surface area contributed by atoms with Gasteiger partial charge in [-0.2, -0.15) is 8.78 Å². The number of halogens is 2. The molecule has 1 N–H and O–H groups in total. The van der Waals surface area contributed by atoms with Gasteiger partial charge in [-0.05, 0) is 31.0 Å². The van der Waals surface area contributed by atoms with Gasteiger partial charge in [0.15, 0.2) is 0 Å². The zero-order chi connectivity index (χ0) is 15.2. The molecule has 1 unspecified atom stereocenters. The Hall–Kier alpha value is -1.94. The minimum atomic E-state index is -2.81. The van der Waals surface area contributed by atoms with Gasteiger partial charge in [0, 0.05) is 18.2 Å². The van der Waals surface area contributed by atoms with Crippen molar-refractivity contribution in [2.75, 3.05) is 0 Å². The Balaban J connectivity index is 2.07. The molecule has 2 aromatic carbocycles. The maximum atomic E-state index is 12.4. The first kappa shape index (κ1) is 15.4. The third-order valence-corrected chi connectivity index (χ3v) is 3.46. The van der Waals surface area contributed by atoms with Crippen LogP contribution in [0.15, 0.2) is 48.5 Å². The van der Waals surface area contributed by atoms with Gasteiger partial charge in [0.2, 0.25) is 0 Å². The van der Waals surface area contributed by atoms with Gasteiger partial charge >= 0.3 is 6.61 Å². The predicted octanol–water partition coefficient (Wildman–Crippen LogP) is 4.45. The van der Waals surface area contributed by atoms with Crippen molar-refractivity contribution >= 4 is 0 Å². The first-order valence-electron chi connectivity index (χ1n) is 6.89. The van der Waals surface area contributed by atoms with Crippen molar-refractivity contribution in [1.82, 2.24) is 5.32 Å². The van der Waals surface area contributed by atoms with Gasteiger partial charge in [0.05, 0.1) is 0 Å². The Morgan fingerprint density at radius 3 is 2.43 bits per heavy atom. The number of aryl methyl sites for hydroxylation is 1. The van der Waals surface area contributed by atoms with Gasteiger partial charge in [0.25, 0.3) is 0 Å². The van der Waals surface area contributed by atoms with E-state index in [1.807, 2.05) is 25.1 Å². The fourth-order valence-electron chi connectivity index (χ4n) is 2.22. The van der Waals surface area contributed by atoms with Gasteiger partial charge < -0.3 is 10.1 Å². The molecule has 0 radical (unpaired) electrons. The maximum absolute atomic E-state index is 12.4. The van der Waals surface area contributed by atoms with Crippen molar-refractivity contribution in [2.24, 2.45) is 0 Å². The summed E-state index contributed by atoms with van der Waals surface area (Å²) >= 11 is 0. The van der Waals surface area contributed by atoms with Crippen LogP contribution in [0.2, 0.25) is 0 Å². The van der Waals surface area contributed by atoms with Crippen molar-refractivity contribution < 1.29 is 13.5 Å². The zero-order valence-electron chi connectivity index (χ0n) is 12.1. The summed E-state index contributed by atoms with van der Waals surface area (Å²) in [5, 5.41) is 3.34. The average molecular weight is 291 g/mol. The Morgan fingerprint density at radius 2 is 1.71 bits per heavy atom. The van der Waals surface area contributed by atoms with Crippen LogP contribution in [0.25, 0.3) is 0 Å². The van der Waals surface area contributed by atoms with Crippen LogP contribution in [0.3, 0.4) is 0 Å². The third-order valence-electron chi connectivity index (χ3n) is 3.46. The molecule has 0 amide bonds. The molecule has 0 saturated carbocycles. The SMILES string of the molecule is Cc1ccccc1CNC(C)c1ccccc1OC(F)F. The lowest BCUT2D eigenvalue weighted by Gasteiger charge is -2.18. The first-order chi connectivity index (χ1) is 10.1. The largest absolute Gasteiger partial charge is 0.434 e. The van der Waals surface area contributed by atoms with E-state index in [2.05, 4.69) is 29.1 Å². The van der Waals surface area contributed by atoms with E-state index in [0.29, 0.717) is 6.54 Å². The van der Waals surface area contributed by atoms with Crippen molar-refractivity contribution in [1.29, 1.82) is 0 Å². The van der Waals surface area contributed by atoms with Crippen molar-refractivity contribution in [3.05, 3.63) is 65.2 Å². The van der Waals surface area contributed by atoms with Gasteiger partial charge in [-0.3, -0.25) is 0 Å². The van der Waals surface area contributed by atoms with Gasteiger partial charge in [0.1, 0.15) is 5.75 Å². The van der Waals surface area contributed by atoms with Crippen LogP contribution in [0.4, 0.5) is 8.78 Å². The number of benzene rings is 2. The van der Waals surface area contributed by atoms with Crippen LogP contribution >= 0.6 is 0 Å². The lowest BCUT2D eigenvalue weighted by atomic mass is 10.1. The molecule has 0 spiro atoms. The molecule has 0 heterocycles. The molecular weight excluding hydrogens is 272 g/mol. The Bertz CT molecular complexity index is 587. The Kier molecular flexibility index (Phi) is 5.28. The van der Waals surface area contributed by atoms with Gasteiger partial charge in [-0.1, -0.05) is 42.5 Å². The van der Waals surface area contributed by atoms with E-state index in [9.17, 15) is 8.78 Å². The number of hydrogen-bond acceptors (Lipinski definition) is 2. The summed E-state index contributed by atoms with van der Waals surface area (Å²) < 4.78 is 29.4. The van der Waals surface area contributed by atoms with Crippen LogP contribution in [-0.2, 0) is 6.54 Å². The summed E-state index contributed by atoms with van der Waals surface area (Å²) in [4.78, 5) is 0. The highest BCUT2D eigenvalue weighted by Gasteiger charge is 2.14. The molecule has 0 aliphatic heterocycles. The maximum Gasteiger partial charge on any atom is 0.387 e. The number of para-hydroxylation sites is 1. The number of ether oxygens (including phenoxy) is 1. The van der Waals surface area contributed by atoms with Crippen molar-refractivity contribution in [2.45, 2.75) is 33.0 Å². The van der Waals surface area contributed by atoms with Crippen LogP contribution in [0, 0.1) is 6.92 Å². The smallest absolute Gasteiger partial charge is 0.387 e. The number of alkyl halides is 2. The fourth-order valence-corrected chi connectivity index (χ4v) is 2.22. The summed E-state index contributed by atoms with van der Waals surface area (Å²) in [6, 6.07) is 14.9. The summed E-state index contributed by atoms with van der Waals surface area (Å²) in [5.74, 6) is 0.220.